The van der Waals surface area contributed by atoms with Crippen LogP contribution >= 0.6 is 0 Å². The van der Waals surface area contributed by atoms with Crippen molar-refractivity contribution < 1.29 is 13.2 Å². The number of nitrogens with zero attached hydrogens (tertiary/aromatic N) is 3. The third-order valence-corrected chi connectivity index (χ3v) is 5.97. The van der Waals surface area contributed by atoms with Crippen LogP contribution in [0.3, 0.4) is 0 Å². The van der Waals surface area contributed by atoms with Gasteiger partial charge in [-0.1, -0.05) is 12.1 Å². The molecule has 11 heteroatoms. The van der Waals surface area contributed by atoms with Crippen molar-refractivity contribution in [2.75, 3.05) is 52.8 Å². The highest BCUT2D eigenvalue weighted by Crippen LogP contribution is 2.30. The largest absolute Gasteiger partial charge is 0.378 e. The lowest BCUT2D eigenvalue weighted by Crippen LogP contribution is -2.36. The van der Waals surface area contributed by atoms with Crippen LogP contribution in [0.25, 0.3) is 11.0 Å². The van der Waals surface area contributed by atoms with E-state index >= 15 is 0 Å². The third kappa shape index (κ3) is 5.05. The second-order valence-electron chi connectivity index (χ2n) is 7.95. The fraction of sp³-hybridized carbons (Fsp3) is 0.217. The fourth-order valence-corrected chi connectivity index (χ4v) is 4.38. The number of rotatable bonds is 7. The summed E-state index contributed by atoms with van der Waals surface area (Å²) < 4.78 is 31.5. The van der Waals surface area contributed by atoms with Gasteiger partial charge in [0.25, 0.3) is 0 Å². The van der Waals surface area contributed by atoms with Crippen LogP contribution in [0.2, 0.25) is 0 Å². The molecule has 0 aliphatic carbocycles. The average molecular weight is 480 g/mol. The van der Waals surface area contributed by atoms with Gasteiger partial charge in [-0.05, 0) is 42.5 Å². The lowest BCUT2D eigenvalue weighted by Gasteiger charge is -2.28. The van der Waals surface area contributed by atoms with Crippen LogP contribution in [0, 0.1) is 0 Å². The molecule has 0 amide bonds. The number of morpholine rings is 1. The van der Waals surface area contributed by atoms with Crippen molar-refractivity contribution in [3.8, 4) is 0 Å². The number of aromatic amines is 1. The SMILES string of the molecule is CS(=O)(=O)Nc1ccccc1Nc1nc(Nc2ccc(N3CCOCC3)cc2)nc2cc[nH]c12. The molecule has 176 valence electrons. The van der Waals surface area contributed by atoms with Crippen molar-refractivity contribution in [1.82, 2.24) is 15.0 Å². The maximum Gasteiger partial charge on any atom is 0.229 e. The first-order chi connectivity index (χ1) is 16.4. The predicted molar refractivity (Wildman–Crippen MR) is 135 cm³/mol. The van der Waals surface area contributed by atoms with Gasteiger partial charge in [0, 0.05) is 30.7 Å². The molecule has 34 heavy (non-hydrogen) atoms. The molecule has 2 aromatic heterocycles. The second-order valence-corrected chi connectivity index (χ2v) is 9.70. The summed E-state index contributed by atoms with van der Waals surface area (Å²) in [4.78, 5) is 14.7. The zero-order valence-electron chi connectivity index (χ0n) is 18.6. The molecule has 0 saturated carbocycles. The van der Waals surface area contributed by atoms with Gasteiger partial charge in [-0.2, -0.15) is 4.98 Å². The van der Waals surface area contributed by atoms with Crippen molar-refractivity contribution in [2.24, 2.45) is 0 Å². The highest BCUT2D eigenvalue weighted by molar-refractivity contribution is 7.92. The second kappa shape index (κ2) is 9.20. The number of sulfonamides is 1. The van der Waals surface area contributed by atoms with Gasteiger partial charge in [-0.25, -0.2) is 13.4 Å². The zero-order valence-corrected chi connectivity index (χ0v) is 19.4. The van der Waals surface area contributed by atoms with Gasteiger partial charge in [-0.15, -0.1) is 0 Å². The lowest BCUT2D eigenvalue weighted by molar-refractivity contribution is 0.122. The molecule has 0 spiro atoms. The Kier molecular flexibility index (Phi) is 5.95. The van der Waals surface area contributed by atoms with Gasteiger partial charge >= 0.3 is 0 Å². The standard InChI is InChI=1S/C23H25N7O3S/c1-34(31,32)29-19-5-3-2-4-18(19)26-22-21-20(10-11-24-21)27-23(28-22)25-16-6-8-17(9-7-16)30-12-14-33-15-13-30/h2-11,24,29H,12-15H2,1H3,(H2,25,26,27,28). The van der Waals surface area contributed by atoms with Crippen LogP contribution in [0.15, 0.2) is 60.8 Å². The zero-order chi connectivity index (χ0) is 23.5. The topological polar surface area (TPSA) is 124 Å². The van der Waals surface area contributed by atoms with Gasteiger partial charge in [0.05, 0.1) is 36.4 Å². The lowest BCUT2D eigenvalue weighted by atomic mass is 10.2. The first-order valence-corrected chi connectivity index (χ1v) is 12.7. The van der Waals surface area contributed by atoms with Crippen LogP contribution < -0.4 is 20.3 Å². The number of hydrogen-bond acceptors (Lipinski definition) is 8. The van der Waals surface area contributed by atoms with E-state index in [4.69, 9.17) is 4.74 Å². The molecular formula is C23H25N7O3S. The van der Waals surface area contributed by atoms with Crippen LogP contribution in [-0.2, 0) is 14.8 Å². The molecule has 0 radical (unpaired) electrons. The van der Waals surface area contributed by atoms with E-state index in [0.29, 0.717) is 28.7 Å². The number of ether oxygens (including phenoxy) is 1. The molecule has 0 bridgehead atoms. The van der Waals surface area contributed by atoms with E-state index in [0.717, 1.165) is 49.5 Å². The van der Waals surface area contributed by atoms with Gasteiger partial charge in [-0.3, -0.25) is 4.72 Å². The summed E-state index contributed by atoms with van der Waals surface area (Å²) in [6.07, 6.45) is 2.90. The van der Waals surface area contributed by atoms with Gasteiger partial charge in [0.15, 0.2) is 5.82 Å². The molecule has 2 aromatic carbocycles. The fourth-order valence-electron chi connectivity index (χ4n) is 3.81. The Hall–Kier alpha value is -3.83. The molecule has 1 saturated heterocycles. The number of nitrogens with one attached hydrogen (secondary N) is 4. The Morgan fingerprint density at radius 1 is 0.941 bits per heavy atom. The molecule has 3 heterocycles. The Morgan fingerprint density at radius 3 is 2.41 bits per heavy atom. The van der Waals surface area contributed by atoms with Gasteiger partial charge < -0.3 is 25.3 Å². The van der Waals surface area contributed by atoms with E-state index in [-0.39, 0.29) is 0 Å². The number of para-hydroxylation sites is 2. The average Bonchev–Trinajstić information content (AvgIpc) is 3.30. The summed E-state index contributed by atoms with van der Waals surface area (Å²) in [6, 6.07) is 17.0. The van der Waals surface area contributed by atoms with Crippen molar-refractivity contribution in [3.63, 3.8) is 0 Å². The summed E-state index contributed by atoms with van der Waals surface area (Å²) in [5.74, 6) is 0.937. The van der Waals surface area contributed by atoms with Crippen LogP contribution in [0.5, 0.6) is 0 Å². The van der Waals surface area contributed by atoms with Gasteiger partial charge in [0.1, 0.15) is 5.52 Å². The molecular weight excluding hydrogens is 454 g/mol. The molecule has 10 nitrogen and oxygen atoms in total. The summed E-state index contributed by atoms with van der Waals surface area (Å²) >= 11 is 0. The Balaban J connectivity index is 1.41. The van der Waals surface area contributed by atoms with E-state index < -0.39 is 10.0 Å². The maximum atomic E-state index is 11.8. The normalized spacial score (nSPS) is 14.2. The van der Waals surface area contributed by atoms with Crippen LogP contribution in [-0.4, -0.2) is 55.9 Å². The van der Waals surface area contributed by atoms with E-state index in [2.05, 4.69) is 47.3 Å². The molecule has 5 rings (SSSR count). The summed E-state index contributed by atoms with van der Waals surface area (Å²) in [5, 5.41) is 6.50. The van der Waals surface area contributed by atoms with E-state index in [9.17, 15) is 8.42 Å². The maximum absolute atomic E-state index is 11.8. The van der Waals surface area contributed by atoms with Gasteiger partial charge in [0.2, 0.25) is 16.0 Å². The van der Waals surface area contributed by atoms with Crippen molar-refractivity contribution in [1.29, 1.82) is 0 Å². The highest BCUT2D eigenvalue weighted by atomic mass is 32.2. The number of hydrogen-bond donors (Lipinski definition) is 4. The first-order valence-electron chi connectivity index (χ1n) is 10.8. The number of fused-ring (bicyclic) bond motifs is 1. The number of benzene rings is 2. The first kappa shape index (κ1) is 22.0. The van der Waals surface area contributed by atoms with Crippen LogP contribution in [0.4, 0.5) is 34.5 Å². The summed E-state index contributed by atoms with van der Waals surface area (Å²) in [7, 11) is -3.44. The minimum Gasteiger partial charge on any atom is -0.378 e. The quantitative estimate of drug-likeness (QED) is 0.317. The Bertz CT molecular complexity index is 1400. The van der Waals surface area contributed by atoms with E-state index in [1.54, 1.807) is 24.4 Å². The van der Waals surface area contributed by atoms with E-state index in [1.165, 1.54) is 0 Å². The third-order valence-electron chi connectivity index (χ3n) is 5.38. The minimum absolute atomic E-state index is 0.419. The Morgan fingerprint density at radius 2 is 1.68 bits per heavy atom. The predicted octanol–water partition coefficient (Wildman–Crippen LogP) is 3.65. The number of H-pyrrole nitrogens is 1. The number of anilines is 6. The molecule has 0 unspecified atom stereocenters. The monoisotopic (exact) mass is 479 g/mol. The van der Waals surface area contributed by atoms with Crippen molar-refractivity contribution >= 4 is 55.6 Å². The summed E-state index contributed by atoms with van der Waals surface area (Å²) in [5.41, 5.74) is 4.44. The molecule has 1 aliphatic heterocycles. The van der Waals surface area contributed by atoms with Crippen LogP contribution in [0.1, 0.15) is 0 Å². The molecule has 4 aromatic rings. The molecule has 0 atom stereocenters. The van der Waals surface area contributed by atoms with E-state index in [1.807, 2.05) is 24.3 Å². The smallest absolute Gasteiger partial charge is 0.229 e. The summed E-state index contributed by atoms with van der Waals surface area (Å²) in [6.45, 7) is 3.24. The highest BCUT2D eigenvalue weighted by Gasteiger charge is 2.14. The molecule has 1 aliphatic rings. The minimum atomic E-state index is -3.44. The van der Waals surface area contributed by atoms with Crippen molar-refractivity contribution in [3.05, 3.63) is 60.8 Å². The molecule has 4 N–H and O–H groups in total. The Labute approximate surface area is 197 Å². The number of aromatic nitrogens is 3. The van der Waals surface area contributed by atoms with Crippen molar-refractivity contribution in [2.45, 2.75) is 0 Å². The molecule has 1 fully saturated rings.